The highest BCUT2D eigenvalue weighted by atomic mass is 16.5. The summed E-state index contributed by atoms with van der Waals surface area (Å²) in [5.74, 6) is 2.49. The quantitative estimate of drug-likeness (QED) is 0.281. The SMILES string of the molecule is CCOC(=O)CCCCCCOCCCCCNC(=O)NC12CC3CC(CC(C3)C1)C2. The van der Waals surface area contributed by atoms with E-state index in [9.17, 15) is 9.59 Å². The summed E-state index contributed by atoms with van der Waals surface area (Å²) in [6.45, 7) is 4.65. The molecule has 4 bridgehead atoms. The fourth-order valence-electron chi connectivity index (χ4n) is 6.42. The molecule has 0 spiro atoms. The van der Waals surface area contributed by atoms with E-state index in [-0.39, 0.29) is 17.5 Å². The number of nitrogens with one attached hydrogen (secondary N) is 2. The maximum absolute atomic E-state index is 12.4. The summed E-state index contributed by atoms with van der Waals surface area (Å²) in [5, 5.41) is 6.46. The van der Waals surface area contributed by atoms with E-state index in [2.05, 4.69) is 10.6 Å². The van der Waals surface area contributed by atoms with Gasteiger partial charge in [-0.05, 0) is 95.3 Å². The number of carbonyl (C=O) groups is 2. The molecule has 6 nitrogen and oxygen atoms in total. The Kier molecular flexibility index (Phi) is 9.95. The third-order valence-electron chi connectivity index (χ3n) is 7.39. The second-order valence-corrected chi connectivity index (χ2v) is 10.2. The van der Waals surface area contributed by atoms with Gasteiger partial charge in [-0.2, -0.15) is 0 Å². The Morgan fingerprint density at radius 2 is 1.42 bits per heavy atom. The molecule has 0 aromatic carbocycles. The molecule has 0 saturated heterocycles. The molecule has 0 unspecified atom stereocenters. The van der Waals surface area contributed by atoms with E-state index in [1.165, 1.54) is 38.5 Å². The number of hydrogen-bond donors (Lipinski definition) is 2. The molecule has 0 radical (unpaired) electrons. The van der Waals surface area contributed by atoms with Gasteiger partial charge in [0.1, 0.15) is 0 Å². The molecule has 4 fully saturated rings. The predicted octanol–water partition coefficient (Wildman–Crippen LogP) is 4.95. The lowest BCUT2D eigenvalue weighted by molar-refractivity contribution is -0.143. The first kappa shape index (κ1) is 24.3. The molecule has 2 N–H and O–H groups in total. The number of amides is 2. The van der Waals surface area contributed by atoms with Crippen molar-refractivity contribution in [3.05, 3.63) is 0 Å². The Hall–Kier alpha value is -1.30. The third kappa shape index (κ3) is 8.28. The van der Waals surface area contributed by atoms with Gasteiger partial charge in [0, 0.05) is 31.7 Å². The van der Waals surface area contributed by atoms with Crippen LogP contribution in [0.4, 0.5) is 4.79 Å². The zero-order valence-electron chi connectivity index (χ0n) is 19.6. The Balaban J connectivity index is 1.10. The van der Waals surface area contributed by atoms with Crippen LogP contribution in [0.1, 0.15) is 96.8 Å². The van der Waals surface area contributed by atoms with Gasteiger partial charge in [-0.25, -0.2) is 4.79 Å². The number of esters is 1. The van der Waals surface area contributed by atoms with Gasteiger partial charge in [-0.15, -0.1) is 0 Å². The topological polar surface area (TPSA) is 76.7 Å². The van der Waals surface area contributed by atoms with E-state index in [0.717, 1.165) is 82.5 Å². The normalized spacial score (nSPS) is 28.5. The fraction of sp³-hybridized carbons (Fsp3) is 0.920. The maximum atomic E-state index is 12.4. The number of carbonyl (C=O) groups excluding carboxylic acids is 2. The first-order valence-electron chi connectivity index (χ1n) is 12.9. The summed E-state index contributed by atoms with van der Waals surface area (Å²) in [6.07, 6.45) is 15.6. The summed E-state index contributed by atoms with van der Waals surface area (Å²) in [6, 6.07) is 0.0427. The van der Waals surface area contributed by atoms with Crippen LogP contribution in [0.25, 0.3) is 0 Å². The van der Waals surface area contributed by atoms with Crippen molar-refractivity contribution in [1.29, 1.82) is 0 Å². The molecule has 4 rings (SSSR count). The minimum atomic E-state index is -0.0848. The Morgan fingerprint density at radius 1 is 0.839 bits per heavy atom. The largest absolute Gasteiger partial charge is 0.466 e. The number of ether oxygens (including phenoxy) is 2. The molecule has 4 saturated carbocycles. The molecule has 0 heterocycles. The van der Waals surface area contributed by atoms with E-state index in [1.807, 2.05) is 6.92 Å². The molecule has 0 aromatic heterocycles. The highest BCUT2D eigenvalue weighted by Gasteiger charge is 2.51. The summed E-state index contributed by atoms with van der Waals surface area (Å²) in [4.78, 5) is 23.6. The zero-order valence-corrected chi connectivity index (χ0v) is 19.6. The van der Waals surface area contributed by atoms with E-state index in [1.54, 1.807) is 0 Å². The first-order valence-corrected chi connectivity index (χ1v) is 12.9. The van der Waals surface area contributed by atoms with Crippen molar-refractivity contribution in [2.75, 3.05) is 26.4 Å². The smallest absolute Gasteiger partial charge is 0.315 e. The molecule has 31 heavy (non-hydrogen) atoms. The van der Waals surface area contributed by atoms with E-state index in [4.69, 9.17) is 9.47 Å². The second kappa shape index (κ2) is 12.7. The Labute approximate surface area is 188 Å². The van der Waals surface area contributed by atoms with Crippen molar-refractivity contribution >= 4 is 12.0 Å². The van der Waals surface area contributed by atoms with Crippen LogP contribution in [-0.2, 0) is 14.3 Å². The average Bonchev–Trinajstić information content (AvgIpc) is 2.70. The van der Waals surface area contributed by atoms with Gasteiger partial charge >= 0.3 is 12.0 Å². The van der Waals surface area contributed by atoms with Crippen LogP contribution in [0.15, 0.2) is 0 Å². The summed E-state index contributed by atoms with van der Waals surface area (Å²) in [5.41, 5.74) is 0.103. The predicted molar refractivity (Wildman–Crippen MR) is 122 cm³/mol. The molecule has 0 aromatic rings. The number of urea groups is 1. The number of hydrogen-bond acceptors (Lipinski definition) is 4. The van der Waals surface area contributed by atoms with Crippen LogP contribution < -0.4 is 10.6 Å². The minimum Gasteiger partial charge on any atom is -0.466 e. The molecule has 6 heteroatoms. The summed E-state index contributed by atoms with van der Waals surface area (Å²) < 4.78 is 10.6. The van der Waals surface area contributed by atoms with Crippen LogP contribution >= 0.6 is 0 Å². The molecule has 2 amide bonds. The lowest BCUT2D eigenvalue weighted by Gasteiger charge is -2.56. The van der Waals surface area contributed by atoms with Crippen molar-refractivity contribution in [1.82, 2.24) is 10.6 Å². The van der Waals surface area contributed by atoms with Crippen LogP contribution in [-0.4, -0.2) is 43.9 Å². The molecular weight excluding hydrogens is 392 g/mol. The lowest BCUT2D eigenvalue weighted by Crippen LogP contribution is -2.61. The van der Waals surface area contributed by atoms with Crippen LogP contribution in [0, 0.1) is 17.8 Å². The third-order valence-corrected chi connectivity index (χ3v) is 7.39. The average molecular weight is 437 g/mol. The van der Waals surface area contributed by atoms with Crippen molar-refractivity contribution in [2.24, 2.45) is 17.8 Å². The Bertz CT molecular complexity index is 530. The van der Waals surface area contributed by atoms with Gasteiger partial charge in [0.05, 0.1) is 6.61 Å². The maximum Gasteiger partial charge on any atom is 0.315 e. The van der Waals surface area contributed by atoms with Gasteiger partial charge in [-0.3, -0.25) is 4.79 Å². The van der Waals surface area contributed by atoms with Gasteiger partial charge in [0.25, 0.3) is 0 Å². The van der Waals surface area contributed by atoms with Crippen LogP contribution in [0.3, 0.4) is 0 Å². The van der Waals surface area contributed by atoms with E-state index < -0.39 is 0 Å². The molecule has 4 aliphatic carbocycles. The number of rotatable bonds is 15. The standard InChI is InChI=1S/C25H44N2O4/c1-2-31-23(28)10-6-3-4-8-12-30-13-9-5-7-11-26-24(29)27-25-17-20-14-21(18-25)16-22(15-20)19-25/h20-22H,2-19H2,1H3,(H2,26,27,29). The monoisotopic (exact) mass is 436 g/mol. The van der Waals surface area contributed by atoms with Gasteiger partial charge in [0.2, 0.25) is 0 Å². The molecular formula is C25H44N2O4. The molecule has 178 valence electrons. The van der Waals surface area contributed by atoms with Gasteiger partial charge in [-0.1, -0.05) is 12.8 Å². The highest BCUT2D eigenvalue weighted by molar-refractivity contribution is 5.74. The second-order valence-electron chi connectivity index (χ2n) is 10.2. The minimum absolute atomic E-state index is 0.0427. The lowest BCUT2D eigenvalue weighted by atomic mass is 9.53. The van der Waals surface area contributed by atoms with Crippen molar-refractivity contribution < 1.29 is 19.1 Å². The zero-order chi connectivity index (χ0) is 21.9. The summed E-state index contributed by atoms with van der Waals surface area (Å²) in [7, 11) is 0. The van der Waals surface area contributed by atoms with Gasteiger partial charge in [0.15, 0.2) is 0 Å². The van der Waals surface area contributed by atoms with Crippen molar-refractivity contribution in [3.63, 3.8) is 0 Å². The molecule has 0 aliphatic heterocycles. The Morgan fingerprint density at radius 3 is 2.03 bits per heavy atom. The van der Waals surface area contributed by atoms with E-state index >= 15 is 0 Å². The van der Waals surface area contributed by atoms with Gasteiger partial charge < -0.3 is 20.1 Å². The fourth-order valence-corrected chi connectivity index (χ4v) is 6.42. The summed E-state index contributed by atoms with van der Waals surface area (Å²) >= 11 is 0. The highest BCUT2D eigenvalue weighted by Crippen LogP contribution is 2.55. The van der Waals surface area contributed by atoms with Crippen molar-refractivity contribution in [2.45, 2.75) is 102 Å². The molecule has 0 atom stereocenters. The van der Waals surface area contributed by atoms with Crippen LogP contribution in [0.5, 0.6) is 0 Å². The molecule has 4 aliphatic rings. The van der Waals surface area contributed by atoms with Crippen molar-refractivity contribution in [3.8, 4) is 0 Å². The van der Waals surface area contributed by atoms with E-state index in [0.29, 0.717) is 13.0 Å². The first-order chi connectivity index (χ1) is 15.1. The number of unbranched alkanes of at least 4 members (excludes halogenated alkanes) is 5. The van der Waals surface area contributed by atoms with Crippen LogP contribution in [0.2, 0.25) is 0 Å².